The summed E-state index contributed by atoms with van der Waals surface area (Å²) in [4.78, 5) is 27.5. The maximum atomic E-state index is 15.0. The monoisotopic (exact) mass is 621 g/mol. The molecule has 1 fully saturated rings. The third-order valence-electron chi connectivity index (χ3n) is 7.89. The molecule has 0 saturated carbocycles. The van der Waals surface area contributed by atoms with Gasteiger partial charge < -0.3 is 33.7 Å². The van der Waals surface area contributed by atoms with E-state index in [1.54, 1.807) is 25.7 Å². The van der Waals surface area contributed by atoms with Crippen molar-refractivity contribution >= 4 is 22.9 Å². The maximum absolute atomic E-state index is 15.0. The zero-order chi connectivity index (χ0) is 31.9. The molecule has 0 radical (unpaired) electrons. The summed E-state index contributed by atoms with van der Waals surface area (Å²) >= 11 is 0. The van der Waals surface area contributed by atoms with Crippen molar-refractivity contribution in [1.82, 2.24) is 14.8 Å². The van der Waals surface area contributed by atoms with Crippen LogP contribution in [0.5, 0.6) is 11.5 Å². The second-order valence-corrected chi connectivity index (χ2v) is 12.1. The Balaban J connectivity index is 1.36. The lowest BCUT2D eigenvalue weighted by Gasteiger charge is -2.38. The fourth-order valence-electron chi connectivity index (χ4n) is 5.84. The second kappa shape index (κ2) is 11.8. The molecule has 3 heterocycles. The van der Waals surface area contributed by atoms with Crippen LogP contribution in [0.1, 0.15) is 55.1 Å². The lowest BCUT2D eigenvalue weighted by molar-refractivity contribution is -0.274. The first-order valence-electron chi connectivity index (χ1n) is 14.3. The van der Waals surface area contributed by atoms with E-state index in [-0.39, 0.29) is 41.6 Å². The van der Waals surface area contributed by atoms with Crippen LogP contribution in [-0.4, -0.2) is 66.8 Å². The van der Waals surface area contributed by atoms with Gasteiger partial charge in [-0.05, 0) is 63.4 Å². The average molecular weight is 622 g/mol. The van der Waals surface area contributed by atoms with Crippen LogP contribution in [0.4, 0.5) is 22.4 Å². The highest BCUT2D eigenvalue weighted by molar-refractivity contribution is 6.09. The molecule has 3 aromatic rings. The predicted molar refractivity (Wildman–Crippen MR) is 152 cm³/mol. The fraction of sp³-hybridized carbons (Fsp3) is 0.484. The third-order valence-corrected chi connectivity index (χ3v) is 7.89. The van der Waals surface area contributed by atoms with Gasteiger partial charge in [0, 0.05) is 50.5 Å². The summed E-state index contributed by atoms with van der Waals surface area (Å²) in [6, 6.07) is 7.49. The molecule has 0 bridgehead atoms. The lowest BCUT2D eigenvalue weighted by atomic mass is 9.74. The number of piperidine rings is 1. The third kappa shape index (κ3) is 6.57. The van der Waals surface area contributed by atoms with Crippen molar-refractivity contribution in [1.29, 1.82) is 0 Å². The van der Waals surface area contributed by atoms with Gasteiger partial charge in [-0.3, -0.25) is 4.79 Å². The maximum Gasteiger partial charge on any atom is 0.573 e. The quantitative estimate of drug-likeness (QED) is 0.330. The number of hydrogen-bond donors (Lipinski definition) is 1. The molecule has 5 rings (SSSR count). The summed E-state index contributed by atoms with van der Waals surface area (Å²) < 4.78 is 76.8. The number of likely N-dealkylation sites (tertiary alicyclic amines) is 1. The molecular weight excluding hydrogens is 586 g/mol. The normalized spacial score (nSPS) is 16.1. The molecule has 1 N–H and O–H groups in total. The van der Waals surface area contributed by atoms with Crippen molar-refractivity contribution in [2.24, 2.45) is 0 Å². The standard InChI is InChI=1S/C31H35F4N3O6/c1-29(2,3)44-28(40)36-16-19-5-7-23-21(15-19)30(18-42-23)9-11-37(12-10-30)27(39)20-17-38(13-14-41-4)26-22(32)6-8-24(25(20)26)43-31(33,34)35/h5-8,15,17H,9-14,16,18H2,1-4H3,(H,36,40). The summed E-state index contributed by atoms with van der Waals surface area (Å²) in [5, 5.41) is 2.52. The van der Waals surface area contributed by atoms with E-state index < -0.39 is 35.5 Å². The SMILES string of the molecule is COCCn1cc(C(=O)N2CCC3(CC2)COc2ccc(CNC(=O)OC(C)(C)C)cc23)c2c(OC(F)(F)F)ccc(F)c21. The Morgan fingerprint density at radius 1 is 1.09 bits per heavy atom. The Hall–Kier alpha value is -4.00. The molecular formula is C31H35F4N3O6. The summed E-state index contributed by atoms with van der Waals surface area (Å²) in [5.74, 6) is -1.21. The number of aromatic nitrogens is 1. The second-order valence-electron chi connectivity index (χ2n) is 12.1. The van der Waals surface area contributed by atoms with Crippen LogP contribution in [-0.2, 0) is 28.0 Å². The van der Waals surface area contributed by atoms with E-state index in [9.17, 15) is 27.2 Å². The first kappa shape index (κ1) is 31.4. The minimum atomic E-state index is -5.03. The van der Waals surface area contributed by atoms with E-state index in [0.717, 1.165) is 29.0 Å². The summed E-state index contributed by atoms with van der Waals surface area (Å²) in [5.41, 5.74) is 0.603. The van der Waals surface area contributed by atoms with Gasteiger partial charge in [0.05, 0.1) is 29.7 Å². The fourth-order valence-corrected chi connectivity index (χ4v) is 5.84. The number of amides is 2. The van der Waals surface area contributed by atoms with Gasteiger partial charge in [-0.15, -0.1) is 13.2 Å². The highest BCUT2D eigenvalue weighted by atomic mass is 19.4. The molecule has 2 aromatic carbocycles. The van der Waals surface area contributed by atoms with Crippen molar-refractivity contribution in [3.05, 3.63) is 59.0 Å². The Bertz CT molecular complexity index is 1550. The number of halogens is 4. The number of nitrogens with zero attached hydrogens (tertiary/aromatic N) is 2. The van der Waals surface area contributed by atoms with Crippen molar-refractivity contribution in [2.45, 2.75) is 64.1 Å². The molecule has 0 unspecified atom stereocenters. The molecule has 2 amide bonds. The highest BCUT2D eigenvalue weighted by Gasteiger charge is 2.44. The number of nitrogens with one attached hydrogen (secondary N) is 1. The summed E-state index contributed by atoms with van der Waals surface area (Å²) in [6.07, 6.45) is -3.12. The first-order chi connectivity index (χ1) is 20.7. The predicted octanol–water partition coefficient (Wildman–Crippen LogP) is 5.92. The number of benzene rings is 2. The van der Waals surface area contributed by atoms with Crippen molar-refractivity contribution in [3.63, 3.8) is 0 Å². The molecule has 2 aliphatic heterocycles. The zero-order valence-electron chi connectivity index (χ0n) is 25.0. The van der Waals surface area contributed by atoms with E-state index in [1.807, 2.05) is 18.2 Å². The number of rotatable bonds is 7. The van der Waals surface area contributed by atoms with E-state index >= 15 is 0 Å². The minimum absolute atomic E-state index is 0.0793. The van der Waals surface area contributed by atoms with E-state index in [1.165, 1.54) is 17.9 Å². The molecule has 2 aliphatic rings. The minimum Gasteiger partial charge on any atom is -0.492 e. The van der Waals surface area contributed by atoms with Gasteiger partial charge in [-0.25, -0.2) is 9.18 Å². The first-order valence-corrected chi connectivity index (χ1v) is 14.3. The number of hydrogen-bond acceptors (Lipinski definition) is 6. The molecule has 9 nitrogen and oxygen atoms in total. The van der Waals surface area contributed by atoms with Crippen LogP contribution in [0.25, 0.3) is 10.9 Å². The molecule has 44 heavy (non-hydrogen) atoms. The van der Waals surface area contributed by atoms with Crippen LogP contribution in [0.3, 0.4) is 0 Å². The smallest absolute Gasteiger partial charge is 0.492 e. The number of alkyl halides is 3. The van der Waals surface area contributed by atoms with Crippen molar-refractivity contribution < 1.29 is 46.1 Å². The lowest BCUT2D eigenvalue weighted by Crippen LogP contribution is -2.46. The number of carbonyl (C=O) groups is 2. The van der Waals surface area contributed by atoms with E-state index in [0.29, 0.717) is 32.5 Å². The number of methoxy groups -OCH3 is 1. The molecule has 1 saturated heterocycles. The largest absolute Gasteiger partial charge is 0.573 e. The Kier molecular flexibility index (Phi) is 8.45. The van der Waals surface area contributed by atoms with Crippen LogP contribution in [0.2, 0.25) is 0 Å². The van der Waals surface area contributed by atoms with Crippen LogP contribution in [0, 0.1) is 5.82 Å². The van der Waals surface area contributed by atoms with Gasteiger partial charge in [0.15, 0.2) is 0 Å². The summed E-state index contributed by atoms with van der Waals surface area (Å²) in [6.45, 7) is 6.91. The van der Waals surface area contributed by atoms with Gasteiger partial charge in [0.2, 0.25) is 0 Å². The van der Waals surface area contributed by atoms with Gasteiger partial charge >= 0.3 is 12.5 Å². The van der Waals surface area contributed by atoms with Crippen LogP contribution >= 0.6 is 0 Å². The zero-order valence-corrected chi connectivity index (χ0v) is 25.0. The van der Waals surface area contributed by atoms with Crippen LogP contribution in [0.15, 0.2) is 36.5 Å². The van der Waals surface area contributed by atoms with Gasteiger partial charge in [0.25, 0.3) is 5.91 Å². The molecule has 238 valence electrons. The number of ether oxygens (including phenoxy) is 4. The highest BCUT2D eigenvalue weighted by Crippen LogP contribution is 2.46. The van der Waals surface area contributed by atoms with Crippen molar-refractivity contribution in [2.75, 3.05) is 33.4 Å². The Morgan fingerprint density at radius 2 is 1.82 bits per heavy atom. The van der Waals surface area contributed by atoms with E-state index in [2.05, 4.69) is 10.1 Å². The van der Waals surface area contributed by atoms with Gasteiger partial charge in [-0.1, -0.05) is 6.07 Å². The number of carbonyl (C=O) groups excluding carboxylic acids is 2. The molecule has 1 spiro atoms. The molecule has 13 heteroatoms. The Morgan fingerprint density at radius 3 is 2.48 bits per heavy atom. The van der Waals surface area contributed by atoms with Gasteiger partial charge in [-0.2, -0.15) is 0 Å². The van der Waals surface area contributed by atoms with E-state index in [4.69, 9.17) is 14.2 Å². The molecule has 0 aliphatic carbocycles. The van der Waals surface area contributed by atoms with Crippen molar-refractivity contribution in [3.8, 4) is 11.5 Å². The number of alkyl carbamates (subject to hydrolysis) is 1. The number of fused-ring (bicyclic) bond motifs is 3. The van der Waals surface area contributed by atoms with Crippen LogP contribution < -0.4 is 14.8 Å². The molecule has 1 aromatic heterocycles. The topological polar surface area (TPSA) is 91.3 Å². The Labute approximate surface area is 252 Å². The van der Waals surface area contributed by atoms with Gasteiger partial charge in [0.1, 0.15) is 22.9 Å². The molecule has 0 atom stereocenters. The average Bonchev–Trinajstić information content (AvgIpc) is 3.50. The summed E-state index contributed by atoms with van der Waals surface area (Å²) in [7, 11) is 1.45.